The molecule has 2 fully saturated rings. The molecule has 2 N–H and O–H groups in total. The van der Waals surface area contributed by atoms with E-state index in [1.54, 1.807) is 13.2 Å². The van der Waals surface area contributed by atoms with Crippen molar-refractivity contribution in [2.75, 3.05) is 51.2 Å². The van der Waals surface area contributed by atoms with Crippen LogP contribution < -0.4 is 15.5 Å². The Bertz CT molecular complexity index is 706. The van der Waals surface area contributed by atoms with E-state index in [-0.39, 0.29) is 6.04 Å². The van der Waals surface area contributed by atoms with Crippen molar-refractivity contribution in [2.24, 2.45) is 10.9 Å². The number of anilines is 1. The summed E-state index contributed by atoms with van der Waals surface area (Å²) in [6, 6.07) is 3.92. The summed E-state index contributed by atoms with van der Waals surface area (Å²) < 4.78 is 37.5. The lowest BCUT2D eigenvalue weighted by molar-refractivity contribution is -0.148. The molecule has 1 aromatic rings. The summed E-state index contributed by atoms with van der Waals surface area (Å²) in [6.07, 6.45) is 1.16. The predicted molar refractivity (Wildman–Crippen MR) is 114 cm³/mol. The first-order valence-electron chi connectivity index (χ1n) is 10.5. The molecule has 0 spiro atoms. The van der Waals surface area contributed by atoms with Gasteiger partial charge in [0.15, 0.2) is 5.96 Å². The number of piperidine rings is 1. The zero-order valence-electron chi connectivity index (χ0n) is 17.3. The molecular formula is C20H30ClF3N6. The van der Waals surface area contributed by atoms with Gasteiger partial charge in [-0.15, -0.1) is 0 Å². The summed E-state index contributed by atoms with van der Waals surface area (Å²) >= 11 is 6.25. The van der Waals surface area contributed by atoms with Gasteiger partial charge in [-0.05, 0) is 56.8 Å². The lowest BCUT2D eigenvalue weighted by Crippen LogP contribution is -2.45. The van der Waals surface area contributed by atoms with Crippen LogP contribution in [-0.4, -0.2) is 74.4 Å². The number of likely N-dealkylation sites (tertiary alicyclic amines) is 1. The molecule has 0 bridgehead atoms. The van der Waals surface area contributed by atoms with Gasteiger partial charge in [0.05, 0.1) is 11.6 Å². The van der Waals surface area contributed by atoms with E-state index in [0.29, 0.717) is 24.0 Å². The summed E-state index contributed by atoms with van der Waals surface area (Å²) in [7, 11) is 1.74. The molecular weight excluding hydrogens is 417 g/mol. The van der Waals surface area contributed by atoms with E-state index < -0.39 is 12.7 Å². The second kappa shape index (κ2) is 10.5. The first-order chi connectivity index (χ1) is 14.3. The second-order valence-electron chi connectivity index (χ2n) is 8.01. The van der Waals surface area contributed by atoms with Gasteiger partial charge in [-0.25, -0.2) is 4.98 Å². The summed E-state index contributed by atoms with van der Waals surface area (Å²) in [5, 5.41) is 7.45. The number of rotatable bonds is 6. The Kier molecular flexibility index (Phi) is 8.05. The Labute approximate surface area is 180 Å². The van der Waals surface area contributed by atoms with Crippen molar-refractivity contribution >= 4 is 23.4 Å². The Morgan fingerprint density at radius 2 is 2.03 bits per heavy atom. The average molecular weight is 447 g/mol. The van der Waals surface area contributed by atoms with E-state index in [2.05, 4.69) is 25.5 Å². The van der Waals surface area contributed by atoms with E-state index in [9.17, 15) is 13.2 Å². The number of nitrogens with zero attached hydrogens (tertiary/aromatic N) is 4. The fourth-order valence-electron chi connectivity index (χ4n) is 4.15. The maximum Gasteiger partial charge on any atom is 0.401 e. The number of halogens is 4. The number of hydrogen-bond acceptors (Lipinski definition) is 4. The van der Waals surface area contributed by atoms with Gasteiger partial charge in [-0.3, -0.25) is 9.89 Å². The second-order valence-corrected chi connectivity index (χ2v) is 8.41. The molecule has 3 rings (SSSR count). The van der Waals surface area contributed by atoms with E-state index >= 15 is 0 Å². The Morgan fingerprint density at radius 3 is 2.70 bits per heavy atom. The number of pyridine rings is 1. The molecule has 2 saturated heterocycles. The first-order valence-corrected chi connectivity index (χ1v) is 10.8. The van der Waals surface area contributed by atoms with E-state index in [1.165, 1.54) is 4.90 Å². The number of alkyl halides is 3. The number of hydrogen-bond donors (Lipinski definition) is 2. The summed E-state index contributed by atoms with van der Waals surface area (Å²) in [4.78, 5) is 12.4. The van der Waals surface area contributed by atoms with Crippen LogP contribution in [0.2, 0.25) is 5.02 Å². The van der Waals surface area contributed by atoms with Crippen molar-refractivity contribution in [1.29, 1.82) is 0 Å². The standard InChI is InChI=1S/C20H30ClF3N6/c1-25-19(27-9-4-15-5-10-29(11-6-15)14-20(22,23)24)28-16-7-12-30(13-16)18-17(21)3-2-8-26-18/h2-3,8,15-16H,4-7,9-14H2,1H3,(H2,25,27,28). The normalized spacial score (nSPS) is 21.8. The zero-order valence-corrected chi connectivity index (χ0v) is 18.0. The maximum atomic E-state index is 12.5. The lowest BCUT2D eigenvalue weighted by Gasteiger charge is -2.32. The fraction of sp³-hybridized carbons (Fsp3) is 0.700. The average Bonchev–Trinajstić information content (AvgIpc) is 3.16. The van der Waals surface area contributed by atoms with Crippen LogP contribution in [0.15, 0.2) is 23.3 Å². The first kappa shape index (κ1) is 22.9. The molecule has 0 aliphatic carbocycles. The largest absolute Gasteiger partial charge is 0.401 e. The Hall–Kier alpha value is -1.74. The van der Waals surface area contributed by atoms with Gasteiger partial charge in [-0.1, -0.05) is 11.6 Å². The summed E-state index contributed by atoms with van der Waals surface area (Å²) in [5.41, 5.74) is 0. The quantitative estimate of drug-likeness (QED) is 0.519. The molecule has 6 nitrogen and oxygen atoms in total. The van der Waals surface area contributed by atoms with Gasteiger partial charge < -0.3 is 15.5 Å². The molecule has 0 saturated carbocycles. The Morgan fingerprint density at radius 1 is 1.27 bits per heavy atom. The minimum Gasteiger partial charge on any atom is -0.356 e. The van der Waals surface area contributed by atoms with Crippen LogP contribution in [-0.2, 0) is 0 Å². The van der Waals surface area contributed by atoms with Gasteiger partial charge in [0, 0.05) is 38.9 Å². The van der Waals surface area contributed by atoms with Crippen molar-refractivity contribution in [3.8, 4) is 0 Å². The van der Waals surface area contributed by atoms with Gasteiger partial charge in [-0.2, -0.15) is 13.2 Å². The highest BCUT2D eigenvalue weighted by atomic mass is 35.5. The zero-order chi connectivity index (χ0) is 21.6. The van der Waals surface area contributed by atoms with Crippen molar-refractivity contribution < 1.29 is 13.2 Å². The molecule has 1 aromatic heterocycles. The van der Waals surface area contributed by atoms with Crippen LogP contribution in [0.25, 0.3) is 0 Å². The van der Waals surface area contributed by atoms with Gasteiger partial charge in [0.1, 0.15) is 5.82 Å². The highest BCUT2D eigenvalue weighted by molar-refractivity contribution is 6.32. The van der Waals surface area contributed by atoms with Crippen LogP contribution in [0.4, 0.5) is 19.0 Å². The molecule has 30 heavy (non-hydrogen) atoms. The van der Waals surface area contributed by atoms with E-state index in [0.717, 1.165) is 57.1 Å². The van der Waals surface area contributed by atoms with Crippen molar-refractivity contribution in [1.82, 2.24) is 20.5 Å². The van der Waals surface area contributed by atoms with E-state index in [1.807, 2.05) is 12.1 Å². The molecule has 2 aliphatic heterocycles. The molecule has 2 aliphatic rings. The third kappa shape index (κ3) is 6.91. The third-order valence-corrected chi connectivity index (χ3v) is 6.04. The van der Waals surface area contributed by atoms with Crippen LogP contribution in [0.5, 0.6) is 0 Å². The SMILES string of the molecule is CN=C(NCCC1CCN(CC(F)(F)F)CC1)NC1CCN(c2ncccc2Cl)C1. The molecule has 0 amide bonds. The van der Waals surface area contributed by atoms with E-state index in [4.69, 9.17) is 11.6 Å². The molecule has 10 heteroatoms. The maximum absolute atomic E-state index is 12.5. The van der Waals surface area contributed by atoms with Gasteiger partial charge in [0.2, 0.25) is 0 Å². The van der Waals surface area contributed by atoms with Gasteiger partial charge >= 0.3 is 6.18 Å². The molecule has 1 unspecified atom stereocenters. The molecule has 168 valence electrons. The minimum atomic E-state index is -4.11. The number of aliphatic imine (C=N–C) groups is 1. The minimum absolute atomic E-state index is 0.250. The van der Waals surface area contributed by atoms with Crippen LogP contribution in [0.3, 0.4) is 0 Å². The van der Waals surface area contributed by atoms with Crippen molar-refractivity contribution in [3.63, 3.8) is 0 Å². The number of guanidine groups is 1. The third-order valence-electron chi connectivity index (χ3n) is 5.75. The molecule has 3 heterocycles. The number of nitrogens with one attached hydrogen (secondary N) is 2. The molecule has 1 atom stereocenters. The van der Waals surface area contributed by atoms with Gasteiger partial charge in [0.25, 0.3) is 0 Å². The van der Waals surface area contributed by atoms with Crippen LogP contribution >= 0.6 is 11.6 Å². The summed E-state index contributed by atoms with van der Waals surface area (Å²) in [5.74, 6) is 2.01. The predicted octanol–water partition coefficient (Wildman–Crippen LogP) is 3.14. The smallest absolute Gasteiger partial charge is 0.356 e. The topological polar surface area (TPSA) is 55.8 Å². The molecule has 0 aromatic carbocycles. The summed E-state index contributed by atoms with van der Waals surface area (Å²) in [6.45, 7) is 2.68. The van der Waals surface area contributed by atoms with Crippen molar-refractivity contribution in [2.45, 2.75) is 37.9 Å². The highest BCUT2D eigenvalue weighted by Crippen LogP contribution is 2.26. The lowest BCUT2D eigenvalue weighted by atomic mass is 9.93. The monoisotopic (exact) mass is 446 g/mol. The Balaban J connectivity index is 1.35. The fourth-order valence-corrected chi connectivity index (χ4v) is 4.39. The van der Waals surface area contributed by atoms with Crippen LogP contribution in [0, 0.1) is 5.92 Å². The van der Waals surface area contributed by atoms with Crippen LogP contribution in [0.1, 0.15) is 25.7 Å². The molecule has 0 radical (unpaired) electrons. The number of aromatic nitrogens is 1. The highest BCUT2D eigenvalue weighted by Gasteiger charge is 2.32. The van der Waals surface area contributed by atoms with Crippen molar-refractivity contribution in [3.05, 3.63) is 23.4 Å².